The maximum atomic E-state index is 5.23. The van der Waals surface area contributed by atoms with Crippen LogP contribution in [0, 0.1) is 0 Å². The molecule has 0 aromatic carbocycles. The highest BCUT2D eigenvalue weighted by Gasteiger charge is 2.12. The minimum Gasteiger partial charge on any atom is -0.374 e. The Kier molecular flexibility index (Phi) is 6.81. The Hall–Kier alpha value is -0.940. The molecule has 0 saturated heterocycles. The SMILES string of the molecule is CCCNC(CC)Cc1nc(COCC)no1. The third-order valence-electron chi connectivity index (χ3n) is 2.54. The van der Waals surface area contributed by atoms with Crippen LogP contribution < -0.4 is 5.32 Å². The number of ether oxygens (including phenoxy) is 1. The van der Waals surface area contributed by atoms with E-state index in [4.69, 9.17) is 9.26 Å². The van der Waals surface area contributed by atoms with Crippen molar-refractivity contribution >= 4 is 0 Å². The first-order chi connectivity index (χ1) is 8.30. The van der Waals surface area contributed by atoms with Crippen LogP contribution in [-0.2, 0) is 17.8 Å². The van der Waals surface area contributed by atoms with Crippen molar-refractivity contribution < 1.29 is 9.26 Å². The van der Waals surface area contributed by atoms with Gasteiger partial charge in [-0.25, -0.2) is 0 Å². The fraction of sp³-hybridized carbons (Fsp3) is 0.833. The summed E-state index contributed by atoms with van der Waals surface area (Å²) in [6.45, 7) is 8.39. The second-order valence-corrected chi connectivity index (χ2v) is 4.00. The molecule has 0 aliphatic heterocycles. The highest BCUT2D eigenvalue weighted by molar-refractivity contribution is 4.88. The minimum atomic E-state index is 0.412. The smallest absolute Gasteiger partial charge is 0.228 e. The van der Waals surface area contributed by atoms with E-state index in [-0.39, 0.29) is 0 Å². The maximum Gasteiger partial charge on any atom is 0.228 e. The van der Waals surface area contributed by atoms with Crippen LogP contribution in [0.1, 0.15) is 45.3 Å². The Morgan fingerprint density at radius 1 is 1.35 bits per heavy atom. The largest absolute Gasteiger partial charge is 0.374 e. The standard InChI is InChI=1S/C12H23N3O2/c1-4-7-13-10(5-2)8-12-14-11(15-17-12)9-16-6-3/h10,13H,4-9H2,1-3H3. The monoisotopic (exact) mass is 241 g/mol. The van der Waals surface area contributed by atoms with E-state index in [2.05, 4.69) is 29.3 Å². The summed E-state index contributed by atoms with van der Waals surface area (Å²) in [5.41, 5.74) is 0. The van der Waals surface area contributed by atoms with Gasteiger partial charge in [0.05, 0.1) is 0 Å². The summed E-state index contributed by atoms with van der Waals surface area (Å²) in [4.78, 5) is 4.30. The normalized spacial score (nSPS) is 12.9. The minimum absolute atomic E-state index is 0.412. The van der Waals surface area contributed by atoms with Gasteiger partial charge >= 0.3 is 0 Å². The zero-order valence-corrected chi connectivity index (χ0v) is 11.0. The predicted octanol–water partition coefficient (Wildman–Crippen LogP) is 1.93. The third kappa shape index (κ3) is 5.28. The van der Waals surface area contributed by atoms with Gasteiger partial charge in [-0.05, 0) is 26.3 Å². The summed E-state index contributed by atoms with van der Waals surface area (Å²) < 4.78 is 10.4. The second kappa shape index (κ2) is 8.20. The molecule has 17 heavy (non-hydrogen) atoms. The van der Waals surface area contributed by atoms with Crippen LogP contribution >= 0.6 is 0 Å². The van der Waals surface area contributed by atoms with E-state index < -0.39 is 0 Å². The van der Waals surface area contributed by atoms with Gasteiger partial charge in [0.25, 0.3) is 0 Å². The summed E-state index contributed by atoms with van der Waals surface area (Å²) in [7, 11) is 0. The van der Waals surface area contributed by atoms with Gasteiger partial charge in [-0.1, -0.05) is 19.0 Å². The maximum absolute atomic E-state index is 5.23. The Balaban J connectivity index is 2.40. The predicted molar refractivity (Wildman–Crippen MR) is 65.7 cm³/mol. The van der Waals surface area contributed by atoms with E-state index in [9.17, 15) is 0 Å². The number of aromatic nitrogens is 2. The topological polar surface area (TPSA) is 60.2 Å². The lowest BCUT2D eigenvalue weighted by molar-refractivity contribution is 0.126. The molecular formula is C12H23N3O2. The number of rotatable bonds is 9. The van der Waals surface area contributed by atoms with Crippen molar-refractivity contribution in [1.82, 2.24) is 15.5 Å². The van der Waals surface area contributed by atoms with Crippen molar-refractivity contribution in [3.05, 3.63) is 11.7 Å². The molecule has 0 aliphatic carbocycles. The van der Waals surface area contributed by atoms with Crippen molar-refractivity contribution in [3.8, 4) is 0 Å². The molecule has 0 radical (unpaired) electrons. The van der Waals surface area contributed by atoms with Gasteiger partial charge in [-0.15, -0.1) is 0 Å². The van der Waals surface area contributed by atoms with Crippen molar-refractivity contribution in [2.24, 2.45) is 0 Å². The summed E-state index contributed by atoms with van der Waals surface area (Å²) in [5, 5.41) is 7.34. The zero-order chi connectivity index (χ0) is 12.5. The summed E-state index contributed by atoms with van der Waals surface area (Å²) in [6, 6.07) is 0.412. The summed E-state index contributed by atoms with van der Waals surface area (Å²) in [6.07, 6.45) is 2.98. The zero-order valence-electron chi connectivity index (χ0n) is 11.0. The molecule has 98 valence electrons. The van der Waals surface area contributed by atoms with Crippen LogP contribution in [0.3, 0.4) is 0 Å². The van der Waals surface area contributed by atoms with Gasteiger partial charge in [0.1, 0.15) is 6.61 Å². The third-order valence-corrected chi connectivity index (χ3v) is 2.54. The van der Waals surface area contributed by atoms with Crippen LogP contribution in [0.25, 0.3) is 0 Å². The van der Waals surface area contributed by atoms with Crippen LogP contribution in [0.2, 0.25) is 0 Å². The molecule has 1 unspecified atom stereocenters. The van der Waals surface area contributed by atoms with E-state index in [0.717, 1.165) is 25.8 Å². The van der Waals surface area contributed by atoms with Gasteiger partial charge in [0.15, 0.2) is 5.82 Å². The fourth-order valence-corrected chi connectivity index (χ4v) is 1.55. The van der Waals surface area contributed by atoms with Crippen LogP contribution in [0.4, 0.5) is 0 Å². The molecule has 1 N–H and O–H groups in total. The molecule has 1 aromatic rings. The van der Waals surface area contributed by atoms with E-state index in [0.29, 0.717) is 31.0 Å². The van der Waals surface area contributed by atoms with Crippen LogP contribution in [0.5, 0.6) is 0 Å². The van der Waals surface area contributed by atoms with Crippen molar-refractivity contribution in [2.45, 2.75) is 52.7 Å². The number of hydrogen-bond donors (Lipinski definition) is 1. The fourth-order valence-electron chi connectivity index (χ4n) is 1.55. The Labute approximate surface area is 103 Å². The molecule has 5 nitrogen and oxygen atoms in total. The van der Waals surface area contributed by atoms with E-state index in [1.165, 1.54) is 0 Å². The molecule has 0 fully saturated rings. The molecule has 1 atom stereocenters. The van der Waals surface area contributed by atoms with E-state index >= 15 is 0 Å². The number of nitrogens with zero attached hydrogens (tertiary/aromatic N) is 2. The highest BCUT2D eigenvalue weighted by atomic mass is 16.5. The molecule has 0 spiro atoms. The van der Waals surface area contributed by atoms with Gasteiger partial charge < -0.3 is 14.6 Å². The Morgan fingerprint density at radius 3 is 2.82 bits per heavy atom. The van der Waals surface area contributed by atoms with Gasteiger partial charge in [-0.2, -0.15) is 4.98 Å². The first-order valence-corrected chi connectivity index (χ1v) is 6.42. The van der Waals surface area contributed by atoms with Gasteiger partial charge in [-0.3, -0.25) is 0 Å². The van der Waals surface area contributed by atoms with E-state index in [1.807, 2.05) is 6.92 Å². The molecule has 0 aliphatic rings. The number of nitrogens with one attached hydrogen (secondary N) is 1. The quantitative estimate of drug-likeness (QED) is 0.715. The van der Waals surface area contributed by atoms with Gasteiger partial charge in [0, 0.05) is 19.1 Å². The van der Waals surface area contributed by atoms with E-state index in [1.54, 1.807) is 0 Å². The summed E-state index contributed by atoms with van der Waals surface area (Å²) >= 11 is 0. The summed E-state index contributed by atoms with van der Waals surface area (Å²) in [5.74, 6) is 1.32. The van der Waals surface area contributed by atoms with Crippen molar-refractivity contribution in [1.29, 1.82) is 0 Å². The molecule has 1 rings (SSSR count). The van der Waals surface area contributed by atoms with Gasteiger partial charge in [0.2, 0.25) is 5.89 Å². The average molecular weight is 241 g/mol. The lowest BCUT2D eigenvalue weighted by Crippen LogP contribution is -2.31. The van der Waals surface area contributed by atoms with Crippen LogP contribution in [0.15, 0.2) is 4.52 Å². The Bertz CT molecular complexity index is 302. The van der Waals surface area contributed by atoms with Crippen molar-refractivity contribution in [3.63, 3.8) is 0 Å². The molecule has 1 aromatic heterocycles. The second-order valence-electron chi connectivity index (χ2n) is 4.00. The number of hydrogen-bond acceptors (Lipinski definition) is 5. The first kappa shape index (κ1) is 14.1. The van der Waals surface area contributed by atoms with Crippen LogP contribution in [-0.4, -0.2) is 29.3 Å². The first-order valence-electron chi connectivity index (χ1n) is 6.42. The molecule has 1 heterocycles. The molecular weight excluding hydrogens is 218 g/mol. The molecule has 0 amide bonds. The molecule has 0 bridgehead atoms. The Morgan fingerprint density at radius 2 is 2.18 bits per heavy atom. The van der Waals surface area contributed by atoms with Crippen molar-refractivity contribution in [2.75, 3.05) is 13.2 Å². The average Bonchev–Trinajstić information content (AvgIpc) is 2.79. The molecule has 0 saturated carbocycles. The molecule has 5 heteroatoms. The highest BCUT2D eigenvalue weighted by Crippen LogP contribution is 2.05. The lowest BCUT2D eigenvalue weighted by Gasteiger charge is -2.13. The lowest BCUT2D eigenvalue weighted by atomic mass is 10.1.